The van der Waals surface area contributed by atoms with Crippen LogP contribution in [0.1, 0.15) is 15.9 Å². The van der Waals surface area contributed by atoms with Crippen LogP contribution in [-0.2, 0) is 11.3 Å². The number of esters is 1. The van der Waals surface area contributed by atoms with Crippen molar-refractivity contribution in [1.82, 2.24) is 9.80 Å². The van der Waals surface area contributed by atoms with Gasteiger partial charge in [-0.2, -0.15) is 0 Å². The predicted molar refractivity (Wildman–Crippen MR) is 136 cm³/mol. The van der Waals surface area contributed by atoms with Crippen LogP contribution in [0.25, 0.3) is 10.4 Å². The molecule has 0 amide bonds. The van der Waals surface area contributed by atoms with Crippen molar-refractivity contribution in [2.45, 2.75) is 6.54 Å². The highest BCUT2D eigenvalue weighted by molar-refractivity contribution is 7.80. The molecule has 1 aliphatic rings. The lowest BCUT2D eigenvalue weighted by Gasteiger charge is -2.36. The van der Waals surface area contributed by atoms with Crippen molar-refractivity contribution < 1.29 is 9.53 Å². The first-order chi connectivity index (χ1) is 15.5. The van der Waals surface area contributed by atoms with E-state index in [0.29, 0.717) is 15.7 Å². The molecule has 2 heterocycles. The SMILES string of the molecule is COC(=O)c1cc(-c2ccccc2)sc1NC(=S)N1CCN(Cc2ccc(Cl)cc2)CC1. The first-order valence-corrected chi connectivity index (χ1v) is 11.9. The van der Waals surface area contributed by atoms with Crippen LogP contribution in [0.2, 0.25) is 5.02 Å². The molecule has 0 bridgehead atoms. The Labute approximate surface area is 202 Å². The normalized spacial score (nSPS) is 14.2. The van der Waals surface area contributed by atoms with Crippen molar-refractivity contribution in [2.75, 3.05) is 38.6 Å². The van der Waals surface area contributed by atoms with Gasteiger partial charge in [-0.3, -0.25) is 4.90 Å². The molecule has 0 unspecified atom stereocenters. The number of nitrogens with one attached hydrogen (secondary N) is 1. The average molecular weight is 486 g/mol. The molecule has 8 heteroatoms. The molecule has 0 saturated carbocycles. The van der Waals surface area contributed by atoms with Gasteiger partial charge in [0, 0.05) is 42.6 Å². The molecule has 5 nitrogen and oxygen atoms in total. The highest BCUT2D eigenvalue weighted by Gasteiger charge is 2.23. The summed E-state index contributed by atoms with van der Waals surface area (Å²) in [6.45, 7) is 4.36. The summed E-state index contributed by atoms with van der Waals surface area (Å²) in [7, 11) is 1.39. The molecule has 2 aromatic carbocycles. The summed E-state index contributed by atoms with van der Waals surface area (Å²) < 4.78 is 4.99. The van der Waals surface area contributed by atoms with E-state index in [1.807, 2.05) is 48.5 Å². The van der Waals surface area contributed by atoms with Gasteiger partial charge in [0.05, 0.1) is 12.7 Å². The second-order valence-electron chi connectivity index (χ2n) is 7.53. The molecule has 3 aromatic rings. The van der Waals surface area contributed by atoms with E-state index < -0.39 is 0 Å². The van der Waals surface area contributed by atoms with E-state index in [1.165, 1.54) is 24.0 Å². The number of methoxy groups -OCH3 is 1. The smallest absolute Gasteiger partial charge is 0.340 e. The number of rotatable bonds is 5. The number of benzene rings is 2. The number of thiophene rings is 1. The van der Waals surface area contributed by atoms with E-state index in [1.54, 1.807) is 0 Å². The maximum atomic E-state index is 12.3. The van der Waals surface area contributed by atoms with Crippen molar-refractivity contribution in [3.63, 3.8) is 0 Å². The number of halogens is 1. The molecule has 1 saturated heterocycles. The quantitative estimate of drug-likeness (QED) is 0.387. The van der Waals surface area contributed by atoms with Crippen molar-refractivity contribution >= 4 is 51.2 Å². The van der Waals surface area contributed by atoms with E-state index in [9.17, 15) is 4.79 Å². The maximum Gasteiger partial charge on any atom is 0.340 e. The standard InChI is InChI=1S/C24H24ClN3O2S2/c1-30-23(29)20-15-21(18-5-3-2-4-6-18)32-22(20)26-24(31)28-13-11-27(12-14-28)16-17-7-9-19(25)10-8-17/h2-10,15H,11-14,16H2,1H3,(H,26,31). The molecule has 0 radical (unpaired) electrons. The topological polar surface area (TPSA) is 44.8 Å². The van der Waals surface area contributed by atoms with Crippen LogP contribution in [-0.4, -0.2) is 54.2 Å². The van der Waals surface area contributed by atoms with E-state index in [-0.39, 0.29) is 5.97 Å². The highest BCUT2D eigenvalue weighted by Crippen LogP contribution is 2.36. The Bertz CT molecular complexity index is 1080. The van der Waals surface area contributed by atoms with Gasteiger partial charge in [0.1, 0.15) is 5.00 Å². The summed E-state index contributed by atoms with van der Waals surface area (Å²) in [6.07, 6.45) is 0. The minimum atomic E-state index is -0.374. The van der Waals surface area contributed by atoms with E-state index in [2.05, 4.69) is 27.2 Å². The van der Waals surface area contributed by atoms with Crippen molar-refractivity contribution in [1.29, 1.82) is 0 Å². The minimum Gasteiger partial charge on any atom is -0.465 e. The molecule has 1 aromatic heterocycles. The Morgan fingerprint density at radius 3 is 2.44 bits per heavy atom. The molecular weight excluding hydrogens is 462 g/mol. The Kier molecular flexibility index (Phi) is 7.42. The average Bonchev–Trinajstić information content (AvgIpc) is 3.25. The molecule has 1 aliphatic heterocycles. The number of hydrogen-bond donors (Lipinski definition) is 1. The first kappa shape index (κ1) is 22.7. The molecule has 32 heavy (non-hydrogen) atoms. The van der Waals surface area contributed by atoms with Crippen LogP contribution in [0, 0.1) is 0 Å². The lowest BCUT2D eigenvalue weighted by atomic mass is 10.1. The summed E-state index contributed by atoms with van der Waals surface area (Å²) in [4.78, 5) is 17.9. The third-order valence-corrected chi connectivity index (χ3v) is 7.11. The predicted octanol–water partition coefficient (Wildman–Crippen LogP) is 5.37. The molecule has 0 spiro atoms. The third-order valence-electron chi connectivity index (χ3n) is 5.40. The minimum absolute atomic E-state index is 0.374. The number of thiocarbonyl (C=S) groups is 1. The summed E-state index contributed by atoms with van der Waals surface area (Å²) in [6, 6.07) is 19.8. The molecule has 166 valence electrons. The van der Waals surface area contributed by atoms with Crippen LogP contribution in [0.5, 0.6) is 0 Å². The van der Waals surface area contributed by atoms with Crippen molar-refractivity contribution in [2.24, 2.45) is 0 Å². The fourth-order valence-corrected chi connectivity index (χ4v) is 5.15. The Morgan fingerprint density at radius 1 is 1.09 bits per heavy atom. The monoisotopic (exact) mass is 485 g/mol. The van der Waals surface area contributed by atoms with Gasteiger partial charge in [0.2, 0.25) is 0 Å². The van der Waals surface area contributed by atoms with Gasteiger partial charge < -0.3 is 15.0 Å². The lowest BCUT2D eigenvalue weighted by Crippen LogP contribution is -2.49. The van der Waals surface area contributed by atoms with Crippen molar-refractivity contribution in [3.05, 3.63) is 76.8 Å². The lowest BCUT2D eigenvalue weighted by molar-refractivity contribution is 0.0602. The van der Waals surface area contributed by atoms with E-state index >= 15 is 0 Å². The van der Waals surface area contributed by atoms with Gasteiger partial charge in [-0.1, -0.05) is 54.1 Å². The van der Waals surface area contributed by atoms with Gasteiger partial charge in [0.15, 0.2) is 5.11 Å². The third kappa shape index (κ3) is 5.48. The number of carbonyl (C=O) groups is 1. The van der Waals surface area contributed by atoms with E-state index in [4.69, 9.17) is 28.6 Å². The van der Waals surface area contributed by atoms with Crippen LogP contribution >= 0.6 is 35.2 Å². The second kappa shape index (κ2) is 10.4. The number of hydrogen-bond acceptors (Lipinski definition) is 5. The van der Waals surface area contributed by atoms with Crippen molar-refractivity contribution in [3.8, 4) is 10.4 Å². The summed E-state index contributed by atoms with van der Waals surface area (Å²) in [5, 5.41) is 5.39. The van der Waals surface area contributed by atoms with E-state index in [0.717, 1.165) is 48.2 Å². The fraction of sp³-hybridized carbons (Fsp3) is 0.250. The summed E-state index contributed by atoms with van der Waals surface area (Å²) in [5.41, 5.74) is 2.80. The van der Waals surface area contributed by atoms with Crippen LogP contribution in [0.4, 0.5) is 5.00 Å². The summed E-state index contributed by atoms with van der Waals surface area (Å²) in [5.74, 6) is -0.374. The van der Waals surface area contributed by atoms with Crippen LogP contribution in [0.15, 0.2) is 60.7 Å². The van der Waals surface area contributed by atoms with Gasteiger partial charge in [0.25, 0.3) is 0 Å². The molecule has 1 N–H and O–H groups in total. The van der Waals surface area contributed by atoms with Gasteiger partial charge in [-0.25, -0.2) is 4.79 Å². The maximum absolute atomic E-state index is 12.3. The van der Waals surface area contributed by atoms with Crippen LogP contribution in [0.3, 0.4) is 0 Å². The Morgan fingerprint density at radius 2 is 1.78 bits per heavy atom. The number of carbonyl (C=O) groups excluding carboxylic acids is 1. The molecule has 0 aliphatic carbocycles. The Balaban J connectivity index is 1.40. The zero-order valence-electron chi connectivity index (χ0n) is 17.7. The highest BCUT2D eigenvalue weighted by atomic mass is 35.5. The number of ether oxygens (including phenoxy) is 1. The van der Waals surface area contributed by atoms with Crippen LogP contribution < -0.4 is 5.32 Å². The second-order valence-corrected chi connectivity index (χ2v) is 9.41. The molecular formula is C24H24ClN3O2S2. The largest absolute Gasteiger partial charge is 0.465 e. The number of nitrogens with zero attached hydrogens (tertiary/aromatic N) is 2. The summed E-state index contributed by atoms with van der Waals surface area (Å²) >= 11 is 13.2. The van der Waals surface area contributed by atoms with Gasteiger partial charge >= 0.3 is 5.97 Å². The fourth-order valence-electron chi connectivity index (χ4n) is 3.62. The molecule has 0 atom stereocenters. The molecule has 1 fully saturated rings. The first-order valence-electron chi connectivity index (χ1n) is 10.3. The number of anilines is 1. The molecule has 4 rings (SSSR count). The van der Waals surface area contributed by atoms with Gasteiger partial charge in [-0.15, -0.1) is 11.3 Å². The number of piperazine rings is 1. The van der Waals surface area contributed by atoms with Gasteiger partial charge in [-0.05, 0) is 41.5 Å². The Hall–Kier alpha value is -2.45. The zero-order valence-corrected chi connectivity index (χ0v) is 20.1. The zero-order chi connectivity index (χ0) is 22.5.